The Hall–Kier alpha value is -2.40. The lowest BCUT2D eigenvalue weighted by atomic mass is 10.1. The van der Waals surface area contributed by atoms with E-state index in [1.807, 2.05) is 52.9 Å². The second-order valence-corrected chi connectivity index (χ2v) is 8.49. The van der Waals surface area contributed by atoms with Crippen molar-refractivity contribution in [2.24, 2.45) is 0 Å². The van der Waals surface area contributed by atoms with E-state index in [0.717, 1.165) is 51.9 Å². The molecule has 1 aliphatic rings. The Morgan fingerprint density at radius 1 is 1.11 bits per heavy atom. The first-order valence-electron chi connectivity index (χ1n) is 9.65. The molecule has 0 radical (unpaired) electrons. The second kappa shape index (κ2) is 7.92. The molecule has 0 aliphatic heterocycles. The van der Waals surface area contributed by atoms with Crippen LogP contribution in [0.3, 0.4) is 0 Å². The van der Waals surface area contributed by atoms with Gasteiger partial charge in [-0.1, -0.05) is 40.2 Å². The quantitative estimate of drug-likeness (QED) is 0.536. The summed E-state index contributed by atoms with van der Waals surface area (Å²) in [6.45, 7) is 5.44. The summed E-state index contributed by atoms with van der Waals surface area (Å²) in [5, 5.41) is 4.51. The number of rotatable bonds is 6. The molecule has 144 valence electrons. The van der Waals surface area contributed by atoms with E-state index in [-0.39, 0.29) is 5.91 Å². The minimum Gasteiger partial charge on any atom is -0.331 e. The molecule has 5 heteroatoms. The Bertz CT molecular complexity index is 989. The highest BCUT2D eigenvalue weighted by Crippen LogP contribution is 2.30. The number of nitrogens with zero attached hydrogens (tertiary/aromatic N) is 3. The molecule has 0 unspecified atom stereocenters. The fraction of sp³-hybridized carbons (Fsp3) is 0.304. The maximum absolute atomic E-state index is 13.1. The van der Waals surface area contributed by atoms with Crippen LogP contribution in [0.15, 0.2) is 59.1 Å². The number of amides is 1. The van der Waals surface area contributed by atoms with Crippen molar-refractivity contribution in [1.82, 2.24) is 14.7 Å². The van der Waals surface area contributed by atoms with Crippen LogP contribution in [0.25, 0.3) is 0 Å². The van der Waals surface area contributed by atoms with Gasteiger partial charge in [0.25, 0.3) is 5.91 Å². The van der Waals surface area contributed by atoms with Gasteiger partial charge in [0.15, 0.2) is 0 Å². The summed E-state index contributed by atoms with van der Waals surface area (Å²) >= 11 is 3.52. The SMILES string of the molecule is Cc1cc(C)n(Cc2ccc(C(=O)N(Cc3cccc(Br)c3)C3CC3)cc2)n1. The zero-order chi connectivity index (χ0) is 19.7. The lowest BCUT2D eigenvalue weighted by Crippen LogP contribution is -2.32. The summed E-state index contributed by atoms with van der Waals surface area (Å²) in [5.41, 5.74) is 5.21. The molecule has 0 bridgehead atoms. The van der Waals surface area contributed by atoms with E-state index in [2.05, 4.69) is 46.2 Å². The Morgan fingerprint density at radius 3 is 2.46 bits per heavy atom. The number of benzene rings is 2. The molecule has 1 amide bonds. The molecular weight excluding hydrogens is 414 g/mol. The first-order valence-corrected chi connectivity index (χ1v) is 10.4. The fourth-order valence-electron chi connectivity index (χ4n) is 3.51. The zero-order valence-electron chi connectivity index (χ0n) is 16.2. The van der Waals surface area contributed by atoms with Crippen molar-refractivity contribution in [3.8, 4) is 0 Å². The fourth-order valence-corrected chi connectivity index (χ4v) is 3.96. The Morgan fingerprint density at radius 2 is 1.86 bits per heavy atom. The maximum Gasteiger partial charge on any atom is 0.254 e. The first-order chi connectivity index (χ1) is 13.5. The van der Waals surface area contributed by atoms with Crippen LogP contribution in [0.5, 0.6) is 0 Å². The number of carbonyl (C=O) groups excluding carboxylic acids is 1. The van der Waals surface area contributed by atoms with E-state index in [1.54, 1.807) is 0 Å². The van der Waals surface area contributed by atoms with Crippen molar-refractivity contribution in [3.05, 3.63) is 87.1 Å². The second-order valence-electron chi connectivity index (χ2n) is 7.58. The molecule has 28 heavy (non-hydrogen) atoms. The third-order valence-electron chi connectivity index (χ3n) is 5.13. The molecule has 3 aromatic rings. The molecule has 1 fully saturated rings. The van der Waals surface area contributed by atoms with Crippen LogP contribution in [0.4, 0.5) is 0 Å². The average molecular weight is 438 g/mol. The van der Waals surface area contributed by atoms with E-state index in [9.17, 15) is 4.79 Å². The summed E-state index contributed by atoms with van der Waals surface area (Å²) < 4.78 is 3.04. The molecule has 0 spiro atoms. The van der Waals surface area contributed by atoms with Crippen molar-refractivity contribution in [2.45, 2.75) is 45.8 Å². The van der Waals surface area contributed by atoms with Gasteiger partial charge in [-0.25, -0.2) is 0 Å². The average Bonchev–Trinajstić information content (AvgIpc) is 3.46. The van der Waals surface area contributed by atoms with Crippen LogP contribution >= 0.6 is 15.9 Å². The highest BCUT2D eigenvalue weighted by atomic mass is 79.9. The van der Waals surface area contributed by atoms with E-state index in [1.165, 1.54) is 0 Å². The highest BCUT2D eigenvalue weighted by molar-refractivity contribution is 9.10. The predicted octanol–water partition coefficient (Wildman–Crippen LogP) is 5.12. The number of aromatic nitrogens is 2. The van der Waals surface area contributed by atoms with Gasteiger partial charge in [-0.2, -0.15) is 5.10 Å². The Labute approximate surface area is 174 Å². The molecule has 1 aliphatic carbocycles. The van der Waals surface area contributed by atoms with E-state index in [4.69, 9.17) is 0 Å². The van der Waals surface area contributed by atoms with Crippen LogP contribution < -0.4 is 0 Å². The van der Waals surface area contributed by atoms with Gasteiger partial charge in [0.1, 0.15) is 0 Å². The summed E-state index contributed by atoms with van der Waals surface area (Å²) in [5.74, 6) is 0.111. The first kappa shape index (κ1) is 18.9. The van der Waals surface area contributed by atoms with Gasteiger partial charge >= 0.3 is 0 Å². The molecule has 4 rings (SSSR count). The van der Waals surface area contributed by atoms with Crippen LogP contribution in [-0.2, 0) is 13.1 Å². The molecule has 0 saturated heterocycles. The van der Waals surface area contributed by atoms with E-state index in [0.29, 0.717) is 12.6 Å². The summed E-state index contributed by atoms with van der Waals surface area (Å²) in [6.07, 6.45) is 2.19. The summed E-state index contributed by atoms with van der Waals surface area (Å²) in [6, 6.07) is 18.6. The van der Waals surface area contributed by atoms with Crippen molar-refractivity contribution >= 4 is 21.8 Å². The molecule has 0 atom stereocenters. The van der Waals surface area contributed by atoms with Crippen molar-refractivity contribution < 1.29 is 4.79 Å². The Kier molecular flexibility index (Phi) is 5.36. The van der Waals surface area contributed by atoms with Crippen LogP contribution in [0.1, 0.15) is 45.7 Å². The number of halogens is 1. The van der Waals surface area contributed by atoms with Crippen molar-refractivity contribution in [1.29, 1.82) is 0 Å². The van der Waals surface area contributed by atoms with Crippen LogP contribution in [0.2, 0.25) is 0 Å². The summed E-state index contributed by atoms with van der Waals surface area (Å²) in [7, 11) is 0. The molecule has 2 aromatic carbocycles. The molecule has 4 nitrogen and oxygen atoms in total. The third kappa shape index (κ3) is 4.36. The summed E-state index contributed by atoms with van der Waals surface area (Å²) in [4.78, 5) is 15.2. The van der Waals surface area contributed by atoms with Gasteiger partial charge in [0.2, 0.25) is 0 Å². The standard InChI is InChI=1S/C23H24BrN3O/c1-16-12-17(2)27(25-16)15-18-6-8-20(9-7-18)23(28)26(22-10-11-22)14-19-4-3-5-21(24)13-19/h3-9,12-13,22H,10-11,14-15H2,1-2H3. The van der Waals surface area contributed by atoms with Gasteiger partial charge in [-0.15, -0.1) is 0 Å². The smallest absolute Gasteiger partial charge is 0.254 e. The topological polar surface area (TPSA) is 38.1 Å². The van der Waals surface area contributed by atoms with Crippen molar-refractivity contribution in [2.75, 3.05) is 0 Å². The minimum atomic E-state index is 0.111. The van der Waals surface area contributed by atoms with Crippen LogP contribution in [-0.4, -0.2) is 26.6 Å². The molecule has 0 N–H and O–H groups in total. The molecule has 1 saturated carbocycles. The highest BCUT2D eigenvalue weighted by Gasteiger charge is 2.33. The molecule has 1 heterocycles. The van der Waals surface area contributed by atoms with E-state index >= 15 is 0 Å². The zero-order valence-corrected chi connectivity index (χ0v) is 17.8. The molecular formula is C23H24BrN3O. The number of aryl methyl sites for hydroxylation is 2. The largest absolute Gasteiger partial charge is 0.331 e. The normalized spacial score (nSPS) is 13.5. The lowest BCUT2D eigenvalue weighted by molar-refractivity contribution is 0.0730. The van der Waals surface area contributed by atoms with Crippen molar-refractivity contribution in [3.63, 3.8) is 0 Å². The molecule has 1 aromatic heterocycles. The monoisotopic (exact) mass is 437 g/mol. The van der Waals surface area contributed by atoms with Gasteiger partial charge in [0.05, 0.1) is 12.2 Å². The number of hydrogen-bond acceptors (Lipinski definition) is 2. The van der Waals surface area contributed by atoms with Crippen LogP contribution in [0, 0.1) is 13.8 Å². The minimum absolute atomic E-state index is 0.111. The maximum atomic E-state index is 13.1. The van der Waals surface area contributed by atoms with Gasteiger partial charge in [-0.3, -0.25) is 9.48 Å². The predicted molar refractivity (Wildman–Crippen MR) is 114 cm³/mol. The lowest BCUT2D eigenvalue weighted by Gasteiger charge is -2.23. The van der Waals surface area contributed by atoms with Gasteiger partial charge in [0, 0.05) is 28.3 Å². The Balaban J connectivity index is 1.49. The van der Waals surface area contributed by atoms with E-state index < -0.39 is 0 Å². The third-order valence-corrected chi connectivity index (χ3v) is 5.62. The number of carbonyl (C=O) groups is 1. The van der Waals surface area contributed by atoms with Gasteiger partial charge < -0.3 is 4.90 Å². The van der Waals surface area contributed by atoms with Gasteiger partial charge in [-0.05, 0) is 68.1 Å². The number of hydrogen-bond donors (Lipinski definition) is 0.